The fourth-order valence-electron chi connectivity index (χ4n) is 3.60. The molecular formula is C23H39N. The molecule has 24 heavy (non-hydrogen) atoms. The normalized spacial score (nSPS) is 19.1. The summed E-state index contributed by atoms with van der Waals surface area (Å²) in [6.07, 6.45) is 9.70. The number of benzene rings is 1. The van der Waals surface area contributed by atoms with Gasteiger partial charge in [0.2, 0.25) is 0 Å². The summed E-state index contributed by atoms with van der Waals surface area (Å²) in [7, 11) is 0. The summed E-state index contributed by atoms with van der Waals surface area (Å²) >= 11 is 0. The summed E-state index contributed by atoms with van der Waals surface area (Å²) in [6.45, 7) is 16.7. The van der Waals surface area contributed by atoms with Crippen molar-refractivity contribution in [2.45, 2.75) is 65.7 Å². The van der Waals surface area contributed by atoms with Crippen LogP contribution in [0.2, 0.25) is 0 Å². The molecule has 0 amide bonds. The quantitative estimate of drug-likeness (QED) is 0.603. The number of rotatable bonds is 3. The first-order valence-corrected chi connectivity index (χ1v) is 9.98. The summed E-state index contributed by atoms with van der Waals surface area (Å²) < 4.78 is 0. The zero-order valence-corrected chi connectivity index (χ0v) is 16.4. The molecule has 1 aromatic rings. The molecule has 136 valence electrons. The molecule has 1 unspecified atom stereocenters. The number of hydrogen-bond donors (Lipinski definition) is 0. The summed E-state index contributed by atoms with van der Waals surface area (Å²) in [5.41, 5.74) is 3.13. The van der Waals surface area contributed by atoms with Gasteiger partial charge in [-0.1, -0.05) is 77.1 Å². The molecule has 0 aromatic heterocycles. The summed E-state index contributed by atoms with van der Waals surface area (Å²) in [5.74, 6) is 1.88. The van der Waals surface area contributed by atoms with Gasteiger partial charge in [-0.25, -0.2) is 0 Å². The Balaban J connectivity index is 0.000000300. The fraction of sp³-hybridized carbons (Fsp3) is 0.652. The minimum atomic E-state index is 0.834. The van der Waals surface area contributed by atoms with Gasteiger partial charge in [-0.15, -0.1) is 13.2 Å². The van der Waals surface area contributed by atoms with E-state index in [4.69, 9.17) is 0 Å². The molecule has 1 atom stereocenters. The molecule has 0 radical (unpaired) electrons. The molecule has 1 aliphatic carbocycles. The maximum Gasteiger partial charge on any atom is 0.00222 e. The van der Waals surface area contributed by atoms with Crippen molar-refractivity contribution in [2.75, 3.05) is 19.6 Å². The van der Waals surface area contributed by atoms with E-state index >= 15 is 0 Å². The highest BCUT2D eigenvalue weighted by atomic mass is 15.1. The van der Waals surface area contributed by atoms with Crippen molar-refractivity contribution >= 4 is 0 Å². The summed E-state index contributed by atoms with van der Waals surface area (Å²) in [5, 5.41) is 0. The van der Waals surface area contributed by atoms with Crippen LogP contribution in [0.1, 0.15) is 64.0 Å². The number of nitrogens with zero attached hydrogens (tertiary/aromatic N) is 1. The molecule has 1 aromatic carbocycles. The zero-order chi connectivity index (χ0) is 17.8. The van der Waals surface area contributed by atoms with Gasteiger partial charge in [-0.3, -0.25) is 0 Å². The van der Waals surface area contributed by atoms with Gasteiger partial charge < -0.3 is 4.90 Å². The second-order valence-corrected chi connectivity index (χ2v) is 7.47. The van der Waals surface area contributed by atoms with Gasteiger partial charge in [0.25, 0.3) is 0 Å². The predicted molar refractivity (Wildman–Crippen MR) is 109 cm³/mol. The Morgan fingerprint density at radius 3 is 1.92 bits per heavy atom. The highest BCUT2D eigenvalue weighted by Gasteiger charge is 2.14. The number of hydrogen-bond acceptors (Lipinski definition) is 1. The third-order valence-electron chi connectivity index (χ3n) is 5.42. The van der Waals surface area contributed by atoms with Crippen molar-refractivity contribution in [1.82, 2.24) is 4.90 Å². The fourth-order valence-corrected chi connectivity index (χ4v) is 3.60. The Kier molecular flexibility index (Phi) is 10.7. The van der Waals surface area contributed by atoms with Crippen LogP contribution in [0, 0.1) is 11.8 Å². The molecule has 0 bridgehead atoms. The van der Waals surface area contributed by atoms with Gasteiger partial charge in [-0.2, -0.15) is 0 Å². The zero-order valence-electron chi connectivity index (χ0n) is 16.4. The van der Waals surface area contributed by atoms with Crippen molar-refractivity contribution in [3.05, 3.63) is 48.6 Å². The highest BCUT2D eigenvalue weighted by molar-refractivity contribution is 5.28. The first kappa shape index (κ1) is 21.0. The lowest BCUT2D eigenvalue weighted by Crippen LogP contribution is -2.30. The largest absolute Gasteiger partial charge is 0.302 e. The molecule has 3 rings (SSSR count). The summed E-state index contributed by atoms with van der Waals surface area (Å²) in [6, 6.07) is 8.93. The Morgan fingerprint density at radius 1 is 1.04 bits per heavy atom. The van der Waals surface area contributed by atoms with Crippen molar-refractivity contribution in [2.24, 2.45) is 11.8 Å². The predicted octanol–water partition coefficient (Wildman–Crippen LogP) is 6.13. The van der Waals surface area contributed by atoms with Crippen LogP contribution in [0.25, 0.3) is 0 Å². The molecule has 1 fully saturated rings. The van der Waals surface area contributed by atoms with Crippen LogP contribution in [0.3, 0.4) is 0 Å². The lowest BCUT2D eigenvalue weighted by molar-refractivity contribution is 0.245. The highest BCUT2D eigenvalue weighted by Crippen LogP contribution is 2.23. The van der Waals surface area contributed by atoms with E-state index in [0.29, 0.717) is 0 Å². The van der Waals surface area contributed by atoms with Crippen molar-refractivity contribution in [1.29, 1.82) is 0 Å². The first-order valence-electron chi connectivity index (χ1n) is 9.98. The maximum atomic E-state index is 3.00. The molecule has 1 nitrogen and oxygen atoms in total. The Bertz CT molecular complexity index is 406. The van der Waals surface area contributed by atoms with E-state index in [1.54, 1.807) is 11.1 Å². The monoisotopic (exact) mass is 329 g/mol. The van der Waals surface area contributed by atoms with Crippen LogP contribution in [-0.2, 0) is 12.8 Å². The van der Waals surface area contributed by atoms with E-state index in [9.17, 15) is 0 Å². The average molecular weight is 330 g/mol. The SMILES string of the molecule is C=C.CC1CCCC1.CCC(C)CN1CCc2ccccc2CC1. The third kappa shape index (κ3) is 7.66. The first-order chi connectivity index (χ1) is 11.7. The van der Waals surface area contributed by atoms with Gasteiger partial charge in [0.15, 0.2) is 0 Å². The van der Waals surface area contributed by atoms with Crippen LogP contribution < -0.4 is 0 Å². The van der Waals surface area contributed by atoms with Gasteiger partial charge in [-0.05, 0) is 35.8 Å². The van der Waals surface area contributed by atoms with Crippen LogP contribution in [0.15, 0.2) is 37.4 Å². The van der Waals surface area contributed by atoms with Crippen molar-refractivity contribution < 1.29 is 0 Å². The smallest absolute Gasteiger partial charge is 0.00222 e. The molecule has 1 heterocycles. The molecule has 2 aliphatic rings. The maximum absolute atomic E-state index is 3.00. The molecule has 0 spiro atoms. The minimum Gasteiger partial charge on any atom is -0.302 e. The van der Waals surface area contributed by atoms with Gasteiger partial charge in [0.05, 0.1) is 0 Å². The molecule has 1 saturated carbocycles. The Hall–Kier alpha value is -1.08. The second kappa shape index (κ2) is 12.3. The van der Waals surface area contributed by atoms with E-state index in [1.807, 2.05) is 0 Å². The third-order valence-corrected chi connectivity index (χ3v) is 5.42. The van der Waals surface area contributed by atoms with E-state index < -0.39 is 0 Å². The number of fused-ring (bicyclic) bond motifs is 1. The van der Waals surface area contributed by atoms with Gasteiger partial charge in [0.1, 0.15) is 0 Å². The van der Waals surface area contributed by atoms with Gasteiger partial charge >= 0.3 is 0 Å². The molecule has 0 saturated heterocycles. The standard InChI is InChI=1S/C15H23N.C6H12.C2H4/c1-3-13(2)12-16-10-8-14-6-4-5-7-15(14)9-11-16;1-6-4-2-3-5-6;1-2/h4-7,13H,3,8-12H2,1-2H3;6H,2-5H2,1H3;1-2H2. The second-order valence-electron chi connectivity index (χ2n) is 7.47. The van der Waals surface area contributed by atoms with Crippen molar-refractivity contribution in [3.8, 4) is 0 Å². The Morgan fingerprint density at radius 2 is 1.54 bits per heavy atom. The minimum absolute atomic E-state index is 0.834. The van der Waals surface area contributed by atoms with Crippen molar-refractivity contribution in [3.63, 3.8) is 0 Å². The molecular weight excluding hydrogens is 290 g/mol. The summed E-state index contributed by atoms with van der Waals surface area (Å²) in [4.78, 5) is 2.63. The van der Waals surface area contributed by atoms with E-state index in [0.717, 1.165) is 11.8 Å². The van der Waals surface area contributed by atoms with Crippen LogP contribution in [0.4, 0.5) is 0 Å². The van der Waals surface area contributed by atoms with E-state index in [1.165, 1.54) is 64.6 Å². The molecule has 0 N–H and O–H groups in total. The molecule has 1 aliphatic heterocycles. The average Bonchev–Trinajstić information content (AvgIpc) is 3.01. The lowest BCUT2D eigenvalue weighted by atomic mass is 10.0. The Labute approximate surface area is 151 Å². The van der Waals surface area contributed by atoms with Crippen LogP contribution >= 0.6 is 0 Å². The molecule has 1 heteroatoms. The van der Waals surface area contributed by atoms with E-state index in [2.05, 4.69) is 63.1 Å². The lowest BCUT2D eigenvalue weighted by Gasteiger charge is -2.23. The topological polar surface area (TPSA) is 3.24 Å². The van der Waals surface area contributed by atoms with E-state index in [-0.39, 0.29) is 0 Å². The van der Waals surface area contributed by atoms with Gasteiger partial charge in [0, 0.05) is 19.6 Å². The van der Waals surface area contributed by atoms with Crippen LogP contribution in [-0.4, -0.2) is 24.5 Å². The van der Waals surface area contributed by atoms with Crippen LogP contribution in [0.5, 0.6) is 0 Å².